The first kappa shape index (κ1) is 16.7. The zero-order valence-electron chi connectivity index (χ0n) is 12.7. The molecule has 0 radical (unpaired) electrons. The van der Waals surface area contributed by atoms with Gasteiger partial charge in [-0.15, -0.1) is 0 Å². The Labute approximate surface area is 123 Å². The molecule has 1 rings (SSSR count). The van der Waals surface area contributed by atoms with Crippen LogP contribution >= 0.6 is 0 Å². The summed E-state index contributed by atoms with van der Waals surface area (Å²) in [5, 5.41) is 3.45. The molecule has 0 heterocycles. The second-order valence-electron chi connectivity index (χ2n) is 5.01. The van der Waals surface area contributed by atoms with Gasteiger partial charge in [0.25, 0.3) is 0 Å². The third-order valence-corrected chi connectivity index (χ3v) is 2.84. The van der Waals surface area contributed by atoms with Crippen molar-refractivity contribution in [3.8, 4) is 5.75 Å². The highest BCUT2D eigenvalue weighted by atomic mass is 16.5. The van der Waals surface area contributed by atoms with Gasteiger partial charge in [0.15, 0.2) is 0 Å². The van der Waals surface area contributed by atoms with E-state index in [2.05, 4.69) is 31.8 Å². The summed E-state index contributed by atoms with van der Waals surface area (Å²) in [6.45, 7) is 11.0. The standard InChI is InChI=1S/C17H27NO2/c1-4-12-20-17-10-6-5-9-16(17)14-18-11-7-8-13-19-15(2)3/h4-6,9-10,15,18H,1,7-8,11-14H2,2-3H3. The van der Waals surface area contributed by atoms with Crippen molar-refractivity contribution in [3.05, 3.63) is 42.5 Å². The van der Waals surface area contributed by atoms with Crippen molar-refractivity contribution in [3.63, 3.8) is 0 Å². The quantitative estimate of drug-likeness (QED) is 0.495. The van der Waals surface area contributed by atoms with Crippen molar-refractivity contribution in [1.29, 1.82) is 0 Å². The summed E-state index contributed by atoms with van der Waals surface area (Å²) >= 11 is 0. The van der Waals surface area contributed by atoms with Crippen LogP contribution in [-0.4, -0.2) is 25.9 Å². The van der Waals surface area contributed by atoms with Gasteiger partial charge in [-0.2, -0.15) is 0 Å². The molecule has 3 nitrogen and oxygen atoms in total. The normalized spacial score (nSPS) is 10.8. The van der Waals surface area contributed by atoms with Gasteiger partial charge in [-0.05, 0) is 39.3 Å². The van der Waals surface area contributed by atoms with Crippen LogP contribution in [0.4, 0.5) is 0 Å². The van der Waals surface area contributed by atoms with Crippen molar-refractivity contribution < 1.29 is 9.47 Å². The fourth-order valence-corrected chi connectivity index (χ4v) is 1.83. The molecule has 1 N–H and O–H groups in total. The van der Waals surface area contributed by atoms with Crippen LogP contribution in [-0.2, 0) is 11.3 Å². The van der Waals surface area contributed by atoms with Gasteiger partial charge in [-0.25, -0.2) is 0 Å². The predicted molar refractivity (Wildman–Crippen MR) is 84.2 cm³/mol. The van der Waals surface area contributed by atoms with Crippen LogP contribution in [0.1, 0.15) is 32.3 Å². The fraction of sp³-hybridized carbons (Fsp3) is 0.529. The molecule has 0 aliphatic carbocycles. The second-order valence-corrected chi connectivity index (χ2v) is 5.01. The van der Waals surface area contributed by atoms with E-state index in [-0.39, 0.29) is 0 Å². The Morgan fingerprint density at radius 2 is 2.05 bits per heavy atom. The summed E-state index contributed by atoms with van der Waals surface area (Å²) in [5.74, 6) is 0.933. The first-order valence-corrected chi connectivity index (χ1v) is 7.38. The van der Waals surface area contributed by atoms with E-state index in [0.29, 0.717) is 12.7 Å². The van der Waals surface area contributed by atoms with Gasteiger partial charge < -0.3 is 14.8 Å². The van der Waals surface area contributed by atoms with Gasteiger partial charge in [0.2, 0.25) is 0 Å². The molecule has 0 fully saturated rings. The number of ether oxygens (including phenoxy) is 2. The van der Waals surface area contributed by atoms with E-state index in [1.54, 1.807) is 6.08 Å². The van der Waals surface area contributed by atoms with Crippen molar-refractivity contribution in [1.82, 2.24) is 5.32 Å². The van der Waals surface area contributed by atoms with Gasteiger partial charge >= 0.3 is 0 Å². The number of para-hydroxylation sites is 1. The molecule has 0 atom stereocenters. The number of rotatable bonds is 11. The summed E-state index contributed by atoms with van der Waals surface area (Å²) in [7, 11) is 0. The lowest BCUT2D eigenvalue weighted by Gasteiger charge is -2.11. The van der Waals surface area contributed by atoms with Crippen LogP contribution < -0.4 is 10.1 Å². The van der Waals surface area contributed by atoms with Crippen LogP contribution in [0.25, 0.3) is 0 Å². The Kier molecular flexibility index (Phi) is 8.76. The number of benzene rings is 1. The Balaban J connectivity index is 2.19. The molecule has 1 aromatic rings. The maximum Gasteiger partial charge on any atom is 0.124 e. The molecule has 0 amide bonds. The summed E-state index contributed by atoms with van der Waals surface area (Å²) in [6, 6.07) is 8.11. The number of nitrogens with one attached hydrogen (secondary N) is 1. The third kappa shape index (κ3) is 7.31. The lowest BCUT2D eigenvalue weighted by Crippen LogP contribution is -2.16. The molecule has 0 saturated heterocycles. The highest BCUT2D eigenvalue weighted by Gasteiger charge is 2.01. The van der Waals surface area contributed by atoms with Gasteiger partial charge in [0, 0.05) is 18.7 Å². The van der Waals surface area contributed by atoms with E-state index in [4.69, 9.17) is 9.47 Å². The third-order valence-electron chi connectivity index (χ3n) is 2.84. The molecule has 0 saturated carbocycles. The second kappa shape index (κ2) is 10.5. The summed E-state index contributed by atoms with van der Waals surface area (Å²) in [4.78, 5) is 0. The molecule has 3 heteroatoms. The maximum absolute atomic E-state index is 5.63. The van der Waals surface area contributed by atoms with Crippen LogP contribution in [0.5, 0.6) is 5.75 Å². The van der Waals surface area contributed by atoms with Gasteiger partial charge in [0.1, 0.15) is 12.4 Å². The lowest BCUT2D eigenvalue weighted by atomic mass is 10.2. The molecule has 0 aliphatic heterocycles. The van der Waals surface area contributed by atoms with Crippen molar-refractivity contribution in [2.24, 2.45) is 0 Å². The first-order valence-electron chi connectivity index (χ1n) is 7.38. The summed E-state index contributed by atoms with van der Waals surface area (Å²) in [5.41, 5.74) is 1.19. The molecule has 0 unspecified atom stereocenters. The van der Waals surface area contributed by atoms with E-state index >= 15 is 0 Å². The zero-order valence-corrected chi connectivity index (χ0v) is 12.7. The van der Waals surface area contributed by atoms with Crippen LogP contribution in [0, 0.1) is 0 Å². The van der Waals surface area contributed by atoms with Gasteiger partial charge in [-0.1, -0.05) is 30.9 Å². The van der Waals surface area contributed by atoms with Crippen molar-refractivity contribution in [2.75, 3.05) is 19.8 Å². The SMILES string of the molecule is C=CCOc1ccccc1CNCCCCOC(C)C. The molecule has 0 aromatic heterocycles. The molecule has 112 valence electrons. The van der Waals surface area contributed by atoms with Crippen molar-refractivity contribution >= 4 is 0 Å². The molecular formula is C17H27NO2. The molecule has 1 aromatic carbocycles. The fourth-order valence-electron chi connectivity index (χ4n) is 1.83. The summed E-state index contributed by atoms with van der Waals surface area (Å²) < 4.78 is 11.1. The smallest absolute Gasteiger partial charge is 0.124 e. The van der Waals surface area contributed by atoms with E-state index in [1.807, 2.05) is 18.2 Å². The minimum absolute atomic E-state index is 0.330. The molecular weight excluding hydrogens is 250 g/mol. The lowest BCUT2D eigenvalue weighted by molar-refractivity contribution is 0.0760. The van der Waals surface area contributed by atoms with Crippen molar-refractivity contribution in [2.45, 2.75) is 39.3 Å². The number of hydrogen-bond donors (Lipinski definition) is 1. The number of unbranched alkanes of at least 4 members (excludes halogenated alkanes) is 1. The average Bonchev–Trinajstić information content (AvgIpc) is 2.44. The predicted octanol–water partition coefficient (Wildman–Crippen LogP) is 3.55. The molecule has 0 bridgehead atoms. The van der Waals surface area contributed by atoms with Crippen LogP contribution in [0.3, 0.4) is 0 Å². The molecule has 0 spiro atoms. The maximum atomic E-state index is 5.63. The van der Waals surface area contributed by atoms with E-state index in [9.17, 15) is 0 Å². The molecule has 0 aliphatic rings. The van der Waals surface area contributed by atoms with E-state index < -0.39 is 0 Å². The van der Waals surface area contributed by atoms with Gasteiger partial charge in [-0.3, -0.25) is 0 Å². The Morgan fingerprint density at radius 3 is 2.80 bits per heavy atom. The average molecular weight is 277 g/mol. The van der Waals surface area contributed by atoms with E-state index in [1.165, 1.54) is 5.56 Å². The molecule has 20 heavy (non-hydrogen) atoms. The number of hydrogen-bond acceptors (Lipinski definition) is 3. The zero-order chi connectivity index (χ0) is 14.6. The van der Waals surface area contributed by atoms with Crippen LogP contribution in [0.2, 0.25) is 0 Å². The van der Waals surface area contributed by atoms with Crippen LogP contribution in [0.15, 0.2) is 36.9 Å². The minimum Gasteiger partial charge on any atom is -0.489 e. The Bertz CT molecular complexity index is 377. The largest absolute Gasteiger partial charge is 0.489 e. The minimum atomic E-state index is 0.330. The highest BCUT2D eigenvalue weighted by Crippen LogP contribution is 2.17. The topological polar surface area (TPSA) is 30.5 Å². The first-order chi connectivity index (χ1) is 9.74. The Morgan fingerprint density at radius 1 is 1.25 bits per heavy atom. The highest BCUT2D eigenvalue weighted by molar-refractivity contribution is 5.33. The van der Waals surface area contributed by atoms with Gasteiger partial charge in [0.05, 0.1) is 6.10 Å². The summed E-state index contributed by atoms with van der Waals surface area (Å²) in [6.07, 6.45) is 4.32. The van der Waals surface area contributed by atoms with E-state index in [0.717, 1.165) is 38.3 Å². The Hall–Kier alpha value is -1.32. The monoisotopic (exact) mass is 277 g/mol.